The van der Waals surface area contributed by atoms with Crippen LogP contribution in [0.2, 0.25) is 10.0 Å². The van der Waals surface area contributed by atoms with Crippen molar-refractivity contribution < 1.29 is 13.2 Å². The predicted molar refractivity (Wildman–Crippen MR) is 96.9 cm³/mol. The first kappa shape index (κ1) is 18.5. The van der Waals surface area contributed by atoms with Gasteiger partial charge in [-0.1, -0.05) is 23.2 Å². The molecule has 2 aromatic rings. The molecule has 0 saturated carbocycles. The van der Waals surface area contributed by atoms with Crippen molar-refractivity contribution in [3.05, 3.63) is 39.6 Å². The summed E-state index contributed by atoms with van der Waals surface area (Å²) in [6.07, 6.45) is 1.10. The van der Waals surface area contributed by atoms with Crippen molar-refractivity contribution in [2.75, 3.05) is 13.1 Å². The van der Waals surface area contributed by atoms with Crippen molar-refractivity contribution in [3.8, 4) is 5.75 Å². The fraction of sp³-hybridized carbons (Fsp3) is 0.438. The van der Waals surface area contributed by atoms with Gasteiger partial charge in [0.2, 0.25) is 10.0 Å². The summed E-state index contributed by atoms with van der Waals surface area (Å²) in [4.78, 5) is 0.271. The van der Waals surface area contributed by atoms with Crippen LogP contribution in [-0.2, 0) is 10.0 Å². The van der Waals surface area contributed by atoms with Crippen LogP contribution in [0.3, 0.4) is 0 Å². The van der Waals surface area contributed by atoms with Crippen LogP contribution in [0.15, 0.2) is 23.1 Å². The van der Waals surface area contributed by atoms with Crippen molar-refractivity contribution in [1.29, 1.82) is 0 Å². The number of hydrogen-bond acceptors (Lipinski definition) is 4. The van der Waals surface area contributed by atoms with Crippen molar-refractivity contribution in [1.82, 2.24) is 14.5 Å². The molecule has 0 bridgehead atoms. The molecule has 1 saturated heterocycles. The number of aromatic nitrogens is 2. The topological polar surface area (TPSA) is 75.3 Å². The van der Waals surface area contributed by atoms with E-state index in [1.54, 1.807) is 32.0 Å². The van der Waals surface area contributed by atoms with E-state index in [2.05, 4.69) is 10.2 Å². The summed E-state index contributed by atoms with van der Waals surface area (Å²) in [6, 6.07) is 5.07. The van der Waals surface area contributed by atoms with Crippen LogP contribution in [0, 0.1) is 13.8 Å². The van der Waals surface area contributed by atoms with Gasteiger partial charge in [-0.25, -0.2) is 8.42 Å². The Morgan fingerprint density at radius 2 is 1.92 bits per heavy atom. The molecule has 0 unspecified atom stereocenters. The lowest BCUT2D eigenvalue weighted by molar-refractivity contribution is 0.135. The molecular weight excluding hydrogens is 385 g/mol. The molecule has 1 aromatic carbocycles. The Morgan fingerprint density at radius 3 is 2.48 bits per heavy atom. The molecule has 1 aliphatic heterocycles. The summed E-state index contributed by atoms with van der Waals surface area (Å²) in [6.45, 7) is 4.19. The van der Waals surface area contributed by atoms with Crippen LogP contribution in [0.5, 0.6) is 5.75 Å². The standard InChI is InChI=1S/C16H19Cl2N3O3S/c1-10-16(11(2)20-19-10)25(22,23)21-7-5-13(6-8-21)24-15-4-3-12(17)9-14(15)18/h3-4,9,13H,5-8H2,1-2H3,(H,19,20). The minimum absolute atomic E-state index is 0.0864. The van der Waals surface area contributed by atoms with Gasteiger partial charge in [-0.2, -0.15) is 9.40 Å². The summed E-state index contributed by atoms with van der Waals surface area (Å²) in [5.41, 5.74) is 1.05. The van der Waals surface area contributed by atoms with E-state index in [-0.39, 0.29) is 11.0 Å². The average Bonchev–Trinajstić information content (AvgIpc) is 2.90. The highest BCUT2D eigenvalue weighted by Gasteiger charge is 2.33. The summed E-state index contributed by atoms with van der Waals surface area (Å²) in [5.74, 6) is 0.564. The molecule has 1 aromatic heterocycles. The van der Waals surface area contributed by atoms with Crippen LogP contribution in [0.1, 0.15) is 24.2 Å². The third-order valence-electron chi connectivity index (χ3n) is 4.25. The minimum Gasteiger partial charge on any atom is -0.489 e. The number of aryl methyl sites for hydroxylation is 2. The van der Waals surface area contributed by atoms with E-state index in [4.69, 9.17) is 27.9 Å². The van der Waals surface area contributed by atoms with Gasteiger partial charge in [0, 0.05) is 18.1 Å². The zero-order chi connectivity index (χ0) is 18.2. The normalized spacial score (nSPS) is 17.0. The maximum absolute atomic E-state index is 12.8. The van der Waals surface area contributed by atoms with Gasteiger partial charge < -0.3 is 4.74 Å². The van der Waals surface area contributed by atoms with Gasteiger partial charge in [0.05, 0.1) is 16.4 Å². The van der Waals surface area contributed by atoms with Crippen LogP contribution in [0.4, 0.5) is 0 Å². The number of halogens is 2. The summed E-state index contributed by atoms with van der Waals surface area (Å²) in [5, 5.41) is 7.71. The predicted octanol–water partition coefficient (Wildman–Crippen LogP) is 3.57. The van der Waals surface area contributed by atoms with E-state index in [0.717, 1.165) is 0 Å². The zero-order valence-corrected chi connectivity index (χ0v) is 16.2. The van der Waals surface area contributed by atoms with E-state index in [1.807, 2.05) is 0 Å². The Balaban J connectivity index is 1.67. The lowest BCUT2D eigenvalue weighted by Gasteiger charge is -2.31. The molecule has 0 amide bonds. The summed E-state index contributed by atoms with van der Waals surface area (Å²) in [7, 11) is -3.55. The summed E-state index contributed by atoms with van der Waals surface area (Å²) >= 11 is 12.0. The number of benzene rings is 1. The maximum Gasteiger partial charge on any atom is 0.246 e. The molecule has 0 atom stereocenters. The van der Waals surface area contributed by atoms with Crippen molar-refractivity contribution in [2.24, 2.45) is 0 Å². The third kappa shape index (κ3) is 3.79. The number of piperidine rings is 1. The van der Waals surface area contributed by atoms with Crippen LogP contribution < -0.4 is 4.74 Å². The highest BCUT2D eigenvalue weighted by molar-refractivity contribution is 7.89. The smallest absolute Gasteiger partial charge is 0.246 e. The van der Waals surface area contributed by atoms with E-state index in [1.165, 1.54) is 4.31 Å². The van der Waals surface area contributed by atoms with E-state index >= 15 is 0 Å². The largest absolute Gasteiger partial charge is 0.489 e. The monoisotopic (exact) mass is 403 g/mol. The highest BCUT2D eigenvalue weighted by atomic mass is 35.5. The second-order valence-electron chi connectivity index (χ2n) is 6.06. The van der Waals surface area contributed by atoms with Crippen LogP contribution in [-0.4, -0.2) is 42.1 Å². The number of H-pyrrole nitrogens is 1. The second kappa shape index (κ2) is 7.15. The number of aromatic amines is 1. The Hall–Kier alpha value is -1.28. The quantitative estimate of drug-likeness (QED) is 0.846. The first-order chi connectivity index (χ1) is 11.8. The van der Waals surface area contributed by atoms with Gasteiger partial charge in [-0.05, 0) is 44.9 Å². The third-order valence-corrected chi connectivity index (χ3v) is 6.94. The number of rotatable bonds is 4. The average molecular weight is 404 g/mol. The van der Waals surface area contributed by atoms with Gasteiger partial charge in [0.15, 0.2) is 0 Å². The molecular formula is C16H19Cl2N3O3S. The van der Waals surface area contributed by atoms with Crippen molar-refractivity contribution in [2.45, 2.75) is 37.7 Å². The van der Waals surface area contributed by atoms with Gasteiger partial charge in [0.25, 0.3) is 0 Å². The molecule has 2 heterocycles. The molecule has 1 N–H and O–H groups in total. The lowest BCUT2D eigenvalue weighted by atomic mass is 10.1. The molecule has 9 heteroatoms. The maximum atomic E-state index is 12.8. The summed E-state index contributed by atoms with van der Waals surface area (Å²) < 4.78 is 33.1. The Kier molecular flexibility index (Phi) is 5.29. The minimum atomic E-state index is -3.55. The number of sulfonamides is 1. The number of nitrogens with one attached hydrogen (secondary N) is 1. The Bertz CT molecular complexity index is 855. The van der Waals surface area contributed by atoms with E-state index in [9.17, 15) is 8.42 Å². The van der Waals surface area contributed by atoms with E-state index < -0.39 is 10.0 Å². The number of ether oxygens (including phenoxy) is 1. The number of hydrogen-bond donors (Lipinski definition) is 1. The van der Waals surface area contributed by atoms with Gasteiger partial charge in [0.1, 0.15) is 16.7 Å². The second-order valence-corrected chi connectivity index (χ2v) is 8.78. The molecule has 0 spiro atoms. The fourth-order valence-electron chi connectivity index (χ4n) is 2.99. The van der Waals surface area contributed by atoms with E-state index in [0.29, 0.717) is 53.1 Å². The number of nitrogens with zero attached hydrogens (tertiary/aromatic N) is 2. The van der Waals surface area contributed by atoms with Gasteiger partial charge >= 0.3 is 0 Å². The molecule has 1 fully saturated rings. The molecule has 3 rings (SSSR count). The fourth-order valence-corrected chi connectivity index (χ4v) is 5.24. The van der Waals surface area contributed by atoms with Crippen molar-refractivity contribution in [3.63, 3.8) is 0 Å². The molecule has 136 valence electrons. The Morgan fingerprint density at radius 1 is 1.24 bits per heavy atom. The Labute approximate surface area is 157 Å². The highest BCUT2D eigenvalue weighted by Crippen LogP contribution is 2.31. The molecule has 0 aliphatic carbocycles. The first-order valence-electron chi connectivity index (χ1n) is 7.92. The van der Waals surface area contributed by atoms with Gasteiger partial charge in [-0.3, -0.25) is 5.10 Å². The molecule has 1 aliphatic rings. The molecule has 25 heavy (non-hydrogen) atoms. The van der Waals surface area contributed by atoms with Crippen LogP contribution in [0.25, 0.3) is 0 Å². The lowest BCUT2D eigenvalue weighted by Crippen LogP contribution is -2.42. The van der Waals surface area contributed by atoms with Crippen molar-refractivity contribution >= 4 is 33.2 Å². The molecule has 6 nitrogen and oxygen atoms in total. The first-order valence-corrected chi connectivity index (χ1v) is 10.1. The SMILES string of the molecule is Cc1n[nH]c(C)c1S(=O)(=O)N1CCC(Oc2ccc(Cl)cc2Cl)CC1. The molecule has 0 radical (unpaired) electrons. The van der Waals surface area contributed by atoms with Crippen LogP contribution >= 0.6 is 23.2 Å². The van der Waals surface area contributed by atoms with Gasteiger partial charge in [-0.15, -0.1) is 0 Å². The zero-order valence-electron chi connectivity index (χ0n) is 13.9.